The first-order chi connectivity index (χ1) is 28.4. The van der Waals surface area contributed by atoms with Crippen molar-refractivity contribution in [3.8, 4) is 0 Å². The van der Waals surface area contributed by atoms with Gasteiger partial charge in [0, 0.05) is 48.8 Å². The van der Waals surface area contributed by atoms with Gasteiger partial charge in [0.15, 0.2) is 5.78 Å². The van der Waals surface area contributed by atoms with Crippen LogP contribution in [0.1, 0.15) is 32.2 Å². The van der Waals surface area contributed by atoms with Crippen LogP contribution in [0, 0.1) is 0 Å². The summed E-state index contributed by atoms with van der Waals surface area (Å²) in [4.78, 5) is 77.9. The maximum absolute atomic E-state index is 12.3. The molecule has 21 heteroatoms. The molecule has 8 rings (SSSR count). The van der Waals surface area contributed by atoms with E-state index < -0.39 is 11.3 Å². The number of ether oxygens (including phenoxy) is 4. The van der Waals surface area contributed by atoms with Crippen molar-refractivity contribution in [1.82, 2.24) is 0 Å². The SMILES string of the molecule is I.NC[C@H]1CN(c2ccc(N3CCOCC3=O)cc2)C(=O)O1.O=C(CC[C@H]1CN(c2ccc(N3CCOCC3=O)cc2)C(=O)O1)c1ccc(Cl)s1.O=C(Cl)c1ccc(Cl)s1. The van der Waals surface area contributed by atoms with Crippen molar-refractivity contribution in [1.29, 1.82) is 0 Å². The Hall–Kier alpha value is -3.86. The van der Waals surface area contributed by atoms with Crippen LogP contribution in [0.2, 0.25) is 8.67 Å². The molecule has 4 aromatic rings. The number of halogens is 4. The molecule has 2 N–H and O–H groups in total. The first-order valence-corrected chi connectivity index (χ1v) is 21.0. The van der Waals surface area contributed by atoms with Crippen molar-refractivity contribution in [2.75, 3.05) is 78.8 Å². The van der Waals surface area contributed by atoms with Gasteiger partial charge in [0.05, 0.1) is 44.7 Å². The average molecular weight is 1040 g/mol. The zero-order valence-electron chi connectivity index (χ0n) is 31.7. The van der Waals surface area contributed by atoms with Gasteiger partial charge in [-0.1, -0.05) is 23.2 Å². The molecular formula is C39H39Cl3IN5O10S2. The van der Waals surface area contributed by atoms with Gasteiger partial charge in [0.2, 0.25) is 0 Å². The third-order valence-corrected chi connectivity index (χ3v) is 12.1. The van der Waals surface area contributed by atoms with Gasteiger partial charge in [0.25, 0.3) is 17.1 Å². The molecule has 0 aliphatic carbocycles. The Morgan fingerprint density at radius 2 is 1.05 bits per heavy atom. The van der Waals surface area contributed by atoms with Crippen LogP contribution in [0.5, 0.6) is 0 Å². The Bertz CT molecular complexity index is 2160. The van der Waals surface area contributed by atoms with Gasteiger partial charge in [-0.15, -0.1) is 46.7 Å². The van der Waals surface area contributed by atoms with Crippen LogP contribution in [0.4, 0.5) is 32.3 Å². The number of hydrogen-bond donors (Lipinski definition) is 1. The molecule has 15 nitrogen and oxygen atoms in total. The molecule has 0 unspecified atom stereocenters. The lowest BCUT2D eigenvalue weighted by molar-refractivity contribution is -0.126. The van der Waals surface area contributed by atoms with Gasteiger partial charge >= 0.3 is 12.2 Å². The molecule has 0 spiro atoms. The standard InChI is InChI=1S/C20H19ClN2O5S.C14H17N3O4.C5H2Cl2OS.HI/c21-18-8-7-17(29-18)16(24)6-5-15-11-23(20(26)28-15)14-3-1-13(2-4-14)22-9-10-27-12-19(22)25;15-7-12-8-17(14(19)21-12)11-3-1-10(2-4-11)16-5-6-20-9-13(16)18;6-4-2-1-3(9-4)5(7)8;/h1-4,7-8,15H,5-6,9-12H2;1-4,12H,5-9,15H2;1-2H;1H/t15-;12-;;/m00../s1. The van der Waals surface area contributed by atoms with Crippen molar-refractivity contribution in [2.24, 2.45) is 5.73 Å². The van der Waals surface area contributed by atoms with Gasteiger partial charge in [-0.3, -0.25) is 29.0 Å². The molecule has 2 atom stereocenters. The highest BCUT2D eigenvalue weighted by Gasteiger charge is 2.34. The van der Waals surface area contributed by atoms with Crippen LogP contribution in [0.15, 0.2) is 72.8 Å². The molecule has 320 valence electrons. The first kappa shape index (κ1) is 47.2. The zero-order valence-corrected chi connectivity index (χ0v) is 37.9. The van der Waals surface area contributed by atoms with Crippen LogP contribution in [0.3, 0.4) is 0 Å². The second kappa shape index (κ2) is 22.3. The minimum Gasteiger partial charge on any atom is -0.444 e. The van der Waals surface area contributed by atoms with Crippen LogP contribution < -0.4 is 25.3 Å². The Morgan fingerprint density at radius 3 is 1.42 bits per heavy atom. The molecule has 4 fully saturated rings. The topological polar surface area (TPSA) is 178 Å². The average Bonchev–Trinajstić information content (AvgIpc) is 4.05. The summed E-state index contributed by atoms with van der Waals surface area (Å²) in [5, 5.41) is -0.452. The fourth-order valence-electron chi connectivity index (χ4n) is 6.24. The van der Waals surface area contributed by atoms with Gasteiger partial charge < -0.3 is 34.5 Å². The number of cyclic esters (lactones) is 2. The number of amides is 4. The van der Waals surface area contributed by atoms with Crippen LogP contribution in [-0.2, 0) is 28.5 Å². The van der Waals surface area contributed by atoms with E-state index in [0.717, 1.165) is 17.1 Å². The molecule has 0 saturated carbocycles. The number of nitrogens with two attached hydrogens (primary N) is 1. The van der Waals surface area contributed by atoms with Gasteiger partial charge in [-0.25, -0.2) is 9.59 Å². The second-order valence-corrected chi connectivity index (χ2v) is 16.9. The van der Waals surface area contributed by atoms with E-state index in [1.807, 2.05) is 24.3 Å². The number of anilines is 4. The van der Waals surface area contributed by atoms with E-state index in [1.54, 1.807) is 68.1 Å². The van der Waals surface area contributed by atoms with E-state index in [4.69, 9.17) is 59.5 Å². The molecule has 4 saturated heterocycles. The molecule has 0 bridgehead atoms. The normalized spacial score (nSPS) is 18.8. The predicted molar refractivity (Wildman–Crippen MR) is 241 cm³/mol. The Kier molecular flexibility index (Phi) is 17.5. The number of Topliss-reactive ketones (excluding diaryl/α,β-unsaturated/α-hetero) is 1. The van der Waals surface area contributed by atoms with Crippen molar-refractivity contribution in [3.05, 3.63) is 91.2 Å². The third-order valence-electron chi connectivity index (χ3n) is 9.24. The first-order valence-electron chi connectivity index (χ1n) is 18.3. The van der Waals surface area contributed by atoms with E-state index >= 15 is 0 Å². The summed E-state index contributed by atoms with van der Waals surface area (Å²) in [7, 11) is 0. The largest absolute Gasteiger partial charge is 0.444 e. The van der Waals surface area contributed by atoms with Crippen LogP contribution >= 0.6 is 81.5 Å². The quantitative estimate of drug-likeness (QED) is 0.0946. The number of carbonyl (C=O) groups excluding carboxylic acids is 6. The highest BCUT2D eigenvalue weighted by molar-refractivity contribution is 14.0. The summed E-state index contributed by atoms with van der Waals surface area (Å²) in [6.07, 6.45) is -0.685. The fraction of sp³-hybridized carbons (Fsp3) is 0.333. The fourth-order valence-corrected chi connectivity index (χ4v) is 8.31. The molecule has 4 aliphatic rings. The molecule has 2 aromatic heterocycles. The Morgan fingerprint density at radius 1 is 0.633 bits per heavy atom. The van der Waals surface area contributed by atoms with Gasteiger partial charge in [-0.2, -0.15) is 0 Å². The molecule has 4 aliphatic heterocycles. The van der Waals surface area contributed by atoms with E-state index in [2.05, 4.69) is 0 Å². The summed E-state index contributed by atoms with van der Waals surface area (Å²) < 4.78 is 21.9. The van der Waals surface area contributed by atoms with E-state index in [1.165, 1.54) is 22.7 Å². The Balaban J connectivity index is 0.000000192. The second-order valence-electron chi connectivity index (χ2n) is 13.1. The summed E-state index contributed by atoms with van der Waals surface area (Å²) >= 11 is 18.9. The number of carbonyl (C=O) groups is 6. The Labute approximate surface area is 385 Å². The molecule has 60 heavy (non-hydrogen) atoms. The molecule has 0 radical (unpaired) electrons. The van der Waals surface area contributed by atoms with Gasteiger partial charge in [-0.05, 0) is 90.8 Å². The summed E-state index contributed by atoms with van der Waals surface area (Å²) in [5.74, 6) is -0.143. The van der Waals surface area contributed by atoms with Crippen LogP contribution in [0.25, 0.3) is 0 Å². The van der Waals surface area contributed by atoms with Crippen molar-refractivity contribution >= 4 is 139 Å². The number of morpholine rings is 2. The summed E-state index contributed by atoms with van der Waals surface area (Å²) in [6.45, 7) is 3.42. The molecule has 4 amide bonds. The minimum atomic E-state index is -0.452. The van der Waals surface area contributed by atoms with Crippen molar-refractivity contribution in [2.45, 2.75) is 25.0 Å². The highest BCUT2D eigenvalue weighted by Crippen LogP contribution is 2.29. The maximum Gasteiger partial charge on any atom is 0.414 e. The van der Waals surface area contributed by atoms with Crippen LogP contribution in [-0.4, -0.2) is 106 Å². The van der Waals surface area contributed by atoms with E-state index in [0.29, 0.717) is 82.9 Å². The molecule has 6 heterocycles. The highest BCUT2D eigenvalue weighted by atomic mass is 127. The number of nitrogens with zero attached hydrogens (tertiary/aromatic N) is 4. The lowest BCUT2D eigenvalue weighted by Crippen LogP contribution is -2.41. The molecular weight excluding hydrogens is 996 g/mol. The predicted octanol–water partition coefficient (Wildman–Crippen LogP) is 7.49. The zero-order chi connectivity index (χ0) is 42.1. The number of thiophene rings is 2. The third kappa shape index (κ3) is 12.4. The number of hydrogen-bond acceptors (Lipinski definition) is 13. The molecule has 2 aromatic carbocycles. The van der Waals surface area contributed by atoms with Gasteiger partial charge in [0.1, 0.15) is 25.4 Å². The summed E-state index contributed by atoms with van der Waals surface area (Å²) in [6, 6.07) is 21.1. The summed E-state index contributed by atoms with van der Waals surface area (Å²) in [5.41, 5.74) is 8.51. The number of rotatable bonds is 10. The lowest BCUT2D eigenvalue weighted by atomic mass is 10.1. The smallest absolute Gasteiger partial charge is 0.414 e. The van der Waals surface area contributed by atoms with E-state index in [-0.39, 0.29) is 73.1 Å². The van der Waals surface area contributed by atoms with E-state index in [9.17, 15) is 28.8 Å². The number of benzene rings is 2. The van der Waals surface area contributed by atoms with Crippen molar-refractivity contribution in [3.63, 3.8) is 0 Å². The van der Waals surface area contributed by atoms with Crippen molar-refractivity contribution < 1.29 is 47.7 Å². The lowest BCUT2D eigenvalue weighted by Gasteiger charge is -2.27. The minimum absolute atomic E-state index is 0. The maximum atomic E-state index is 12.3. The number of ketones is 1. The monoisotopic (exact) mass is 1030 g/mol.